The van der Waals surface area contributed by atoms with Crippen molar-refractivity contribution in [1.29, 1.82) is 0 Å². The van der Waals surface area contributed by atoms with Gasteiger partial charge in [0.2, 0.25) is 0 Å². The third-order valence-electron chi connectivity index (χ3n) is 2.74. The molecule has 4 nitrogen and oxygen atoms in total. The van der Waals surface area contributed by atoms with Gasteiger partial charge < -0.3 is 10.2 Å². The van der Waals surface area contributed by atoms with Crippen molar-refractivity contribution in [3.05, 3.63) is 0 Å². The predicted molar refractivity (Wildman–Crippen MR) is 62.8 cm³/mol. The van der Waals surface area contributed by atoms with E-state index >= 15 is 0 Å². The summed E-state index contributed by atoms with van der Waals surface area (Å²) < 4.78 is 22.5. The lowest BCUT2D eigenvalue weighted by molar-refractivity contribution is 0.187. The zero-order valence-corrected chi connectivity index (χ0v) is 10.7. The molecular weight excluding hydrogens is 212 g/mol. The molecule has 1 aliphatic rings. The molecule has 5 heteroatoms. The molecule has 1 rings (SSSR count). The fourth-order valence-corrected chi connectivity index (χ4v) is 3.32. The van der Waals surface area contributed by atoms with Gasteiger partial charge in [-0.3, -0.25) is 0 Å². The topological polar surface area (TPSA) is 49.4 Å². The average Bonchev–Trinajstić information content (AvgIpc) is 2.08. The van der Waals surface area contributed by atoms with Gasteiger partial charge in [-0.05, 0) is 12.5 Å². The van der Waals surface area contributed by atoms with Crippen molar-refractivity contribution >= 4 is 9.84 Å². The Bertz CT molecular complexity index is 285. The van der Waals surface area contributed by atoms with Crippen LogP contribution in [0.25, 0.3) is 0 Å². The summed E-state index contributed by atoms with van der Waals surface area (Å²) in [5.41, 5.74) is 0.204. The van der Waals surface area contributed by atoms with Gasteiger partial charge in [-0.2, -0.15) is 0 Å². The Morgan fingerprint density at radius 3 is 2.27 bits per heavy atom. The lowest BCUT2D eigenvalue weighted by Gasteiger charge is -2.34. The van der Waals surface area contributed by atoms with Crippen LogP contribution in [0.1, 0.15) is 13.8 Å². The standard InChI is InChI=1S/C10H22N2O2S/c1-10(2,8-11-3)9-12-4-6-15(13,14)7-5-12/h11H,4-9H2,1-3H3. The average molecular weight is 234 g/mol. The molecule has 1 N–H and O–H groups in total. The fourth-order valence-electron chi connectivity index (χ4n) is 2.05. The highest BCUT2D eigenvalue weighted by molar-refractivity contribution is 7.91. The number of hydrogen-bond acceptors (Lipinski definition) is 4. The Morgan fingerprint density at radius 1 is 1.27 bits per heavy atom. The van der Waals surface area contributed by atoms with E-state index in [0.29, 0.717) is 24.6 Å². The number of rotatable bonds is 4. The number of hydrogen-bond donors (Lipinski definition) is 1. The molecule has 0 radical (unpaired) electrons. The second-order valence-corrected chi connectivity index (χ2v) is 7.43. The molecule has 90 valence electrons. The molecule has 1 fully saturated rings. The lowest BCUT2D eigenvalue weighted by Crippen LogP contribution is -2.46. The second-order valence-electron chi connectivity index (χ2n) is 5.12. The van der Waals surface area contributed by atoms with Crippen LogP contribution in [0.3, 0.4) is 0 Å². The molecule has 0 aromatic rings. The van der Waals surface area contributed by atoms with Crippen molar-refractivity contribution in [2.45, 2.75) is 13.8 Å². The van der Waals surface area contributed by atoms with E-state index in [0.717, 1.165) is 13.1 Å². The van der Waals surface area contributed by atoms with E-state index in [2.05, 4.69) is 24.1 Å². The first-order valence-corrected chi connectivity index (χ1v) is 7.24. The number of nitrogens with zero attached hydrogens (tertiary/aromatic N) is 1. The summed E-state index contributed by atoms with van der Waals surface area (Å²) in [6.07, 6.45) is 0. The van der Waals surface area contributed by atoms with Gasteiger partial charge in [0.15, 0.2) is 9.84 Å². The zero-order chi connectivity index (χ0) is 11.5. The molecule has 0 aromatic carbocycles. The molecule has 1 heterocycles. The predicted octanol–water partition coefficient (Wildman–Crippen LogP) is -0.0376. The lowest BCUT2D eigenvalue weighted by atomic mass is 9.93. The third kappa shape index (κ3) is 4.49. The van der Waals surface area contributed by atoms with Crippen LogP contribution in [-0.4, -0.2) is 58.1 Å². The maximum absolute atomic E-state index is 11.2. The first-order valence-electron chi connectivity index (χ1n) is 5.42. The highest BCUT2D eigenvalue weighted by atomic mass is 32.2. The van der Waals surface area contributed by atoms with Gasteiger partial charge in [0.25, 0.3) is 0 Å². The van der Waals surface area contributed by atoms with Crippen LogP contribution in [0, 0.1) is 5.41 Å². The fraction of sp³-hybridized carbons (Fsp3) is 1.00. The van der Waals surface area contributed by atoms with Gasteiger partial charge in [0, 0.05) is 26.2 Å². The van der Waals surface area contributed by atoms with Gasteiger partial charge in [-0.25, -0.2) is 8.42 Å². The van der Waals surface area contributed by atoms with Crippen LogP contribution in [0.15, 0.2) is 0 Å². The summed E-state index contributed by atoms with van der Waals surface area (Å²) in [5, 5.41) is 3.17. The van der Waals surface area contributed by atoms with E-state index in [-0.39, 0.29) is 5.41 Å². The minimum absolute atomic E-state index is 0.204. The summed E-state index contributed by atoms with van der Waals surface area (Å²) in [7, 11) is -0.794. The summed E-state index contributed by atoms with van der Waals surface area (Å²) in [4.78, 5) is 2.25. The molecule has 1 aliphatic heterocycles. The van der Waals surface area contributed by atoms with Crippen molar-refractivity contribution in [3.63, 3.8) is 0 Å². The summed E-state index contributed by atoms with van der Waals surface area (Å²) in [5.74, 6) is 0.644. The van der Waals surface area contributed by atoms with Crippen LogP contribution >= 0.6 is 0 Å². The quantitative estimate of drug-likeness (QED) is 0.742. The van der Waals surface area contributed by atoms with Gasteiger partial charge in [-0.15, -0.1) is 0 Å². The number of sulfone groups is 1. The SMILES string of the molecule is CNCC(C)(C)CN1CCS(=O)(=O)CC1. The molecule has 0 unspecified atom stereocenters. The van der Waals surface area contributed by atoms with E-state index in [1.54, 1.807) is 0 Å². The van der Waals surface area contributed by atoms with Crippen LogP contribution in [0.4, 0.5) is 0 Å². The zero-order valence-electron chi connectivity index (χ0n) is 9.91. The molecule has 15 heavy (non-hydrogen) atoms. The molecule has 0 aliphatic carbocycles. The van der Waals surface area contributed by atoms with Crippen molar-refractivity contribution in [1.82, 2.24) is 10.2 Å². The Kier molecular flexibility index (Phi) is 4.14. The van der Waals surface area contributed by atoms with Gasteiger partial charge in [-0.1, -0.05) is 13.8 Å². The first-order chi connectivity index (χ1) is 6.85. The largest absolute Gasteiger partial charge is 0.319 e. The van der Waals surface area contributed by atoms with Crippen LogP contribution in [-0.2, 0) is 9.84 Å². The smallest absolute Gasteiger partial charge is 0.152 e. The Hall–Kier alpha value is -0.130. The first kappa shape index (κ1) is 12.9. The third-order valence-corrected chi connectivity index (χ3v) is 4.35. The number of nitrogens with one attached hydrogen (secondary N) is 1. The highest BCUT2D eigenvalue weighted by Crippen LogP contribution is 2.17. The molecular formula is C10H22N2O2S. The van der Waals surface area contributed by atoms with E-state index in [1.165, 1.54) is 0 Å². The molecule has 1 saturated heterocycles. The molecule has 0 aromatic heterocycles. The van der Waals surface area contributed by atoms with Gasteiger partial charge in [0.05, 0.1) is 11.5 Å². The second kappa shape index (κ2) is 4.80. The van der Waals surface area contributed by atoms with E-state index < -0.39 is 9.84 Å². The highest BCUT2D eigenvalue weighted by Gasteiger charge is 2.26. The molecule has 0 bridgehead atoms. The van der Waals surface area contributed by atoms with E-state index in [1.807, 2.05) is 7.05 Å². The van der Waals surface area contributed by atoms with Crippen molar-refractivity contribution in [2.24, 2.45) is 5.41 Å². The van der Waals surface area contributed by atoms with Crippen molar-refractivity contribution in [3.8, 4) is 0 Å². The maximum atomic E-state index is 11.2. The minimum Gasteiger partial charge on any atom is -0.319 e. The van der Waals surface area contributed by atoms with Gasteiger partial charge in [0.1, 0.15) is 0 Å². The monoisotopic (exact) mass is 234 g/mol. The van der Waals surface area contributed by atoms with Crippen molar-refractivity contribution in [2.75, 3.05) is 44.7 Å². The Labute approximate surface area is 93.0 Å². The summed E-state index contributed by atoms with van der Waals surface area (Å²) in [6.45, 7) is 7.70. The summed E-state index contributed by atoms with van der Waals surface area (Å²) >= 11 is 0. The van der Waals surface area contributed by atoms with E-state index in [4.69, 9.17) is 0 Å². The normalized spacial score (nSPS) is 22.9. The maximum Gasteiger partial charge on any atom is 0.152 e. The van der Waals surface area contributed by atoms with Crippen LogP contribution in [0.5, 0.6) is 0 Å². The molecule has 0 spiro atoms. The molecule has 0 saturated carbocycles. The van der Waals surface area contributed by atoms with Crippen LogP contribution < -0.4 is 5.32 Å². The summed E-state index contributed by atoms with van der Waals surface area (Å²) in [6, 6.07) is 0. The molecule has 0 amide bonds. The Morgan fingerprint density at radius 2 is 1.80 bits per heavy atom. The minimum atomic E-state index is -2.74. The van der Waals surface area contributed by atoms with E-state index in [9.17, 15) is 8.42 Å². The molecule has 0 atom stereocenters. The Balaban J connectivity index is 2.42. The van der Waals surface area contributed by atoms with Gasteiger partial charge >= 0.3 is 0 Å². The van der Waals surface area contributed by atoms with Crippen molar-refractivity contribution < 1.29 is 8.42 Å². The van der Waals surface area contributed by atoms with Crippen LogP contribution in [0.2, 0.25) is 0 Å².